The minimum Gasteiger partial charge on any atom is -0.382 e. The normalized spacial score (nSPS) is 31.0. The van der Waals surface area contributed by atoms with E-state index in [9.17, 15) is 8.42 Å². The maximum Gasteiger partial charge on any atom is 0.358 e. The lowest BCUT2D eigenvalue weighted by molar-refractivity contribution is -0.268. The van der Waals surface area contributed by atoms with Crippen molar-refractivity contribution in [2.45, 2.75) is 69.9 Å². The molecule has 0 aliphatic carbocycles. The maximum atomic E-state index is 11.7. The summed E-state index contributed by atoms with van der Waals surface area (Å²) < 4.78 is 60.0. The molecular weight excluding hydrogens is 382 g/mol. The summed E-state index contributed by atoms with van der Waals surface area (Å²) in [5, 5.41) is 0. The molecule has 0 spiro atoms. The van der Waals surface area contributed by atoms with Crippen LogP contribution in [0.3, 0.4) is 0 Å². The predicted molar refractivity (Wildman–Crippen MR) is 92.8 cm³/mol. The molecule has 0 radical (unpaired) electrons. The lowest BCUT2D eigenvalue weighted by Gasteiger charge is -2.36. The lowest BCUT2D eigenvalue weighted by atomic mass is 10.0. The Hall–Kier alpha value is -0.980. The summed E-state index contributed by atoms with van der Waals surface area (Å²) >= 11 is 0. The first kappa shape index (κ1) is 22.3. The first-order chi connectivity index (χ1) is 12.4. The minimum atomic E-state index is -4.45. The van der Waals surface area contributed by atoms with E-state index in [4.69, 9.17) is 33.4 Å². The van der Waals surface area contributed by atoms with Crippen LogP contribution in [0.4, 0.5) is 0 Å². The van der Waals surface area contributed by atoms with Gasteiger partial charge in [0.15, 0.2) is 5.79 Å². The summed E-state index contributed by atoms with van der Waals surface area (Å²) in [7, 11) is -2.87. The van der Waals surface area contributed by atoms with Crippen molar-refractivity contribution >= 4 is 10.3 Å². The average molecular weight is 409 g/mol. The molecule has 0 unspecified atom stereocenters. The molecule has 2 heterocycles. The van der Waals surface area contributed by atoms with Crippen LogP contribution in [0.2, 0.25) is 0 Å². The minimum absolute atomic E-state index is 0.297. The number of hydrogen-bond donors (Lipinski definition) is 0. The zero-order valence-electron chi connectivity index (χ0n) is 16.2. The molecule has 0 aromatic heterocycles. The monoisotopic (exact) mass is 409 g/mol. The Balaban J connectivity index is 2.29. The Labute approximate surface area is 159 Å². The Morgan fingerprint density at radius 1 is 1.37 bits per heavy atom. The highest BCUT2D eigenvalue weighted by molar-refractivity contribution is 7.85. The fourth-order valence-corrected chi connectivity index (χ4v) is 3.79. The quantitative estimate of drug-likeness (QED) is 0.337. The number of rotatable bonds is 8. The number of methoxy groups -OCH3 is 1. The topological polar surface area (TPSA) is 138 Å². The van der Waals surface area contributed by atoms with Crippen molar-refractivity contribution in [3.05, 3.63) is 10.4 Å². The smallest absolute Gasteiger partial charge is 0.358 e. The Morgan fingerprint density at radius 2 is 2.07 bits per heavy atom. The number of azide groups is 1. The SMILES string of the molecule is COCC(C)(C)O[C@@H]1CCCO[C@@]2(COS(=O)(=O)N=[N+]=[N-])OC(C)(C)O[C@@H]12. The van der Waals surface area contributed by atoms with Crippen molar-refractivity contribution in [1.29, 1.82) is 0 Å². The Morgan fingerprint density at radius 3 is 2.70 bits per heavy atom. The van der Waals surface area contributed by atoms with Gasteiger partial charge in [-0.25, -0.2) is 0 Å². The van der Waals surface area contributed by atoms with E-state index in [1.807, 2.05) is 13.8 Å². The summed E-state index contributed by atoms with van der Waals surface area (Å²) in [5.41, 5.74) is 7.75. The third-order valence-electron chi connectivity index (χ3n) is 4.09. The van der Waals surface area contributed by atoms with Gasteiger partial charge in [-0.05, 0) is 46.1 Å². The van der Waals surface area contributed by atoms with Gasteiger partial charge in [0.25, 0.3) is 0 Å². The lowest BCUT2D eigenvalue weighted by Crippen LogP contribution is -2.53. The molecule has 2 rings (SSSR count). The second kappa shape index (κ2) is 8.18. The van der Waals surface area contributed by atoms with Crippen LogP contribution in [0.25, 0.3) is 10.4 Å². The van der Waals surface area contributed by atoms with Gasteiger partial charge in [0.2, 0.25) is 5.79 Å². The van der Waals surface area contributed by atoms with Crippen LogP contribution in [0, 0.1) is 0 Å². The van der Waals surface area contributed by atoms with Crippen LogP contribution in [0.15, 0.2) is 4.52 Å². The van der Waals surface area contributed by atoms with E-state index in [1.165, 1.54) is 0 Å². The number of ether oxygens (including phenoxy) is 5. The van der Waals surface area contributed by atoms with E-state index < -0.39 is 46.3 Å². The molecule has 2 aliphatic rings. The molecule has 0 aromatic carbocycles. The highest BCUT2D eigenvalue weighted by atomic mass is 32.2. The van der Waals surface area contributed by atoms with Gasteiger partial charge in [0.05, 0.1) is 29.4 Å². The van der Waals surface area contributed by atoms with Gasteiger partial charge in [0, 0.05) is 12.0 Å². The number of fused-ring (bicyclic) bond motifs is 1. The largest absolute Gasteiger partial charge is 0.382 e. The van der Waals surface area contributed by atoms with Crippen molar-refractivity contribution in [3.63, 3.8) is 0 Å². The van der Waals surface area contributed by atoms with E-state index >= 15 is 0 Å². The molecule has 12 heteroatoms. The third-order valence-corrected chi connectivity index (χ3v) is 4.78. The predicted octanol–water partition coefficient (Wildman–Crippen LogP) is 2.03. The number of nitrogens with zero attached hydrogens (tertiary/aromatic N) is 3. The van der Waals surface area contributed by atoms with Crippen LogP contribution in [-0.2, 0) is 38.2 Å². The maximum absolute atomic E-state index is 11.7. The van der Waals surface area contributed by atoms with Crippen LogP contribution in [0.5, 0.6) is 0 Å². The zero-order valence-corrected chi connectivity index (χ0v) is 17.0. The second-order valence-electron chi connectivity index (χ2n) is 7.55. The fourth-order valence-electron chi connectivity index (χ4n) is 3.34. The van der Waals surface area contributed by atoms with Crippen molar-refractivity contribution in [2.24, 2.45) is 4.52 Å². The molecule has 2 aliphatic heterocycles. The summed E-state index contributed by atoms with van der Waals surface area (Å²) in [5.74, 6) is -2.58. The molecule has 2 fully saturated rings. The van der Waals surface area contributed by atoms with Gasteiger partial charge in [0.1, 0.15) is 12.7 Å². The van der Waals surface area contributed by atoms with Crippen LogP contribution < -0.4 is 0 Å². The van der Waals surface area contributed by atoms with E-state index in [1.54, 1.807) is 21.0 Å². The van der Waals surface area contributed by atoms with Crippen molar-refractivity contribution < 1.29 is 36.3 Å². The third kappa shape index (κ3) is 5.75. The molecule has 0 aromatic rings. The molecule has 11 nitrogen and oxygen atoms in total. The first-order valence-corrected chi connectivity index (χ1v) is 9.95. The van der Waals surface area contributed by atoms with E-state index in [-0.39, 0.29) is 0 Å². The zero-order chi connectivity index (χ0) is 20.3. The van der Waals surface area contributed by atoms with Crippen molar-refractivity contribution in [1.82, 2.24) is 0 Å². The van der Waals surface area contributed by atoms with Gasteiger partial charge >= 0.3 is 10.3 Å². The van der Waals surface area contributed by atoms with Gasteiger partial charge < -0.3 is 23.7 Å². The Bertz CT molecular complexity index is 677. The van der Waals surface area contributed by atoms with Gasteiger partial charge in [-0.15, -0.1) is 0 Å². The van der Waals surface area contributed by atoms with Crippen LogP contribution in [0.1, 0.15) is 40.5 Å². The van der Waals surface area contributed by atoms with Crippen LogP contribution >= 0.6 is 0 Å². The summed E-state index contributed by atoms with van der Waals surface area (Å²) in [6, 6.07) is 0. The molecule has 27 heavy (non-hydrogen) atoms. The summed E-state index contributed by atoms with van der Waals surface area (Å²) in [6.45, 7) is 7.26. The van der Waals surface area contributed by atoms with Gasteiger partial charge in [-0.1, -0.05) is 0 Å². The Kier molecular flexibility index (Phi) is 6.76. The van der Waals surface area contributed by atoms with Crippen molar-refractivity contribution in [3.8, 4) is 0 Å². The average Bonchev–Trinajstić information content (AvgIpc) is 2.71. The molecule has 2 saturated heterocycles. The van der Waals surface area contributed by atoms with Crippen molar-refractivity contribution in [2.75, 3.05) is 26.9 Å². The van der Waals surface area contributed by atoms with Gasteiger partial charge in [-0.2, -0.15) is 8.42 Å². The molecule has 0 N–H and O–H groups in total. The number of hydrogen-bond acceptors (Lipinski definition) is 8. The molecule has 156 valence electrons. The standard InChI is InChI=1S/C15H27N3O8S/c1-13(2,9-21-5)24-11-7-6-8-22-15(10-23-27(19,20)18-17-16)12(11)25-14(3,4)26-15/h11-12H,6-10H2,1-5H3/t11-,12+,15+/m1/s1. The van der Waals surface area contributed by atoms with E-state index in [0.29, 0.717) is 26.1 Å². The van der Waals surface area contributed by atoms with E-state index in [2.05, 4.69) is 9.43 Å². The van der Waals surface area contributed by atoms with E-state index in [0.717, 1.165) is 0 Å². The second-order valence-corrected chi connectivity index (χ2v) is 8.81. The summed E-state index contributed by atoms with van der Waals surface area (Å²) in [6.07, 6.45) is 0.0576. The van der Waals surface area contributed by atoms with Crippen LogP contribution in [-0.4, -0.2) is 64.7 Å². The molecule has 3 atom stereocenters. The molecule has 0 bridgehead atoms. The highest BCUT2D eigenvalue weighted by Crippen LogP contribution is 2.43. The summed E-state index contributed by atoms with van der Waals surface area (Å²) in [4.78, 5) is 2.25. The molecular formula is C15H27N3O8S. The first-order valence-electron chi connectivity index (χ1n) is 8.59. The highest BCUT2D eigenvalue weighted by Gasteiger charge is 2.60. The van der Waals surface area contributed by atoms with Gasteiger partial charge in [-0.3, -0.25) is 4.18 Å². The molecule has 0 saturated carbocycles. The fraction of sp³-hybridized carbons (Fsp3) is 1.00. The molecule has 0 amide bonds.